The Bertz CT molecular complexity index is 321. The van der Waals surface area contributed by atoms with E-state index in [9.17, 15) is 27.2 Å². The molecule has 17 heavy (non-hydrogen) atoms. The smallest absolute Gasteiger partial charge is 0.427 e. The van der Waals surface area contributed by atoms with Crippen LogP contribution in [0.15, 0.2) is 11.8 Å². The first-order valence-electron chi connectivity index (χ1n) is 4.40. The van der Waals surface area contributed by atoms with Crippen molar-refractivity contribution in [2.45, 2.75) is 19.3 Å². The minimum absolute atomic E-state index is 0.170. The lowest BCUT2D eigenvalue weighted by Crippen LogP contribution is -2.35. The zero-order chi connectivity index (χ0) is 13.6. The number of halogens is 4. The number of carbonyl (C=O) groups excluding carboxylic acids is 2. The third kappa shape index (κ3) is 4.41. The van der Waals surface area contributed by atoms with Gasteiger partial charge in [0.2, 0.25) is 5.78 Å². The summed E-state index contributed by atoms with van der Waals surface area (Å²) in [5.41, 5.74) is -1.13. The highest BCUT2D eigenvalue weighted by Crippen LogP contribution is 2.25. The largest absolute Gasteiger partial charge is 0.503 e. The summed E-state index contributed by atoms with van der Waals surface area (Å²) in [6, 6.07) is 0. The van der Waals surface area contributed by atoms with Gasteiger partial charge in [-0.2, -0.15) is 13.2 Å². The molecule has 1 unspecified atom stereocenters. The van der Waals surface area contributed by atoms with Crippen molar-refractivity contribution in [3.8, 4) is 0 Å². The van der Waals surface area contributed by atoms with Crippen LogP contribution in [0, 0.1) is 0 Å². The van der Waals surface area contributed by atoms with Gasteiger partial charge in [0, 0.05) is 0 Å². The summed E-state index contributed by atoms with van der Waals surface area (Å²) in [6.45, 7) is 1.21. The van der Waals surface area contributed by atoms with E-state index in [-0.39, 0.29) is 6.61 Å². The van der Waals surface area contributed by atoms with Crippen molar-refractivity contribution in [1.29, 1.82) is 0 Å². The van der Waals surface area contributed by atoms with Crippen molar-refractivity contribution in [2.24, 2.45) is 0 Å². The fourth-order valence-corrected chi connectivity index (χ4v) is 0.819. The van der Waals surface area contributed by atoms with Crippen LogP contribution in [0.1, 0.15) is 6.92 Å². The molecule has 98 valence electrons. The van der Waals surface area contributed by atoms with Crippen LogP contribution in [0.5, 0.6) is 0 Å². The van der Waals surface area contributed by atoms with Crippen LogP contribution in [-0.4, -0.2) is 37.8 Å². The van der Waals surface area contributed by atoms with Crippen LogP contribution in [0.2, 0.25) is 0 Å². The molecule has 0 N–H and O–H groups in total. The van der Waals surface area contributed by atoms with Crippen molar-refractivity contribution < 1.29 is 36.6 Å². The van der Waals surface area contributed by atoms with Gasteiger partial charge in [0.25, 0.3) is 6.17 Å². The van der Waals surface area contributed by atoms with Crippen LogP contribution in [0.4, 0.5) is 17.6 Å². The fraction of sp³-hybridized carbons (Fsp3) is 0.556. The average molecular weight is 258 g/mol. The van der Waals surface area contributed by atoms with Crippen LogP contribution >= 0.6 is 0 Å². The van der Waals surface area contributed by atoms with E-state index in [0.717, 1.165) is 7.11 Å². The third-order valence-corrected chi connectivity index (χ3v) is 1.51. The Labute approximate surface area is 94.2 Å². The van der Waals surface area contributed by atoms with Gasteiger partial charge in [-0.1, -0.05) is 0 Å². The summed E-state index contributed by atoms with van der Waals surface area (Å²) in [5.74, 6) is -3.41. The highest BCUT2D eigenvalue weighted by molar-refractivity contribution is 6.18. The van der Waals surface area contributed by atoms with Gasteiger partial charge in [-0.15, -0.1) is 0 Å². The van der Waals surface area contributed by atoms with Gasteiger partial charge in [-0.3, -0.25) is 4.79 Å². The van der Waals surface area contributed by atoms with Gasteiger partial charge in [0.05, 0.1) is 13.7 Å². The standard InChI is InChI=1S/C9H10F4O4/c1-3-17-8(15)5(4-16-2)6(14)7(10)9(11,12)13/h4,7H,3H2,1-2H3. The molecule has 0 aromatic rings. The molecular weight excluding hydrogens is 248 g/mol. The second kappa shape index (κ2) is 6.21. The van der Waals surface area contributed by atoms with E-state index >= 15 is 0 Å². The summed E-state index contributed by atoms with van der Waals surface area (Å²) in [7, 11) is 0.993. The highest BCUT2D eigenvalue weighted by atomic mass is 19.4. The molecule has 0 aliphatic carbocycles. The van der Waals surface area contributed by atoms with E-state index in [0.29, 0.717) is 6.26 Å². The summed E-state index contributed by atoms with van der Waals surface area (Å²) in [6.07, 6.45) is -8.75. The number of hydrogen-bond acceptors (Lipinski definition) is 4. The lowest BCUT2D eigenvalue weighted by Gasteiger charge is -2.12. The third-order valence-electron chi connectivity index (χ3n) is 1.51. The topological polar surface area (TPSA) is 52.6 Å². The van der Waals surface area contributed by atoms with Crippen molar-refractivity contribution in [3.63, 3.8) is 0 Å². The van der Waals surface area contributed by atoms with Gasteiger partial charge < -0.3 is 9.47 Å². The molecule has 0 saturated carbocycles. The van der Waals surface area contributed by atoms with E-state index in [4.69, 9.17) is 0 Å². The second-order valence-corrected chi connectivity index (χ2v) is 2.76. The van der Waals surface area contributed by atoms with E-state index in [1.165, 1.54) is 6.92 Å². The summed E-state index contributed by atoms with van der Waals surface area (Å²) in [4.78, 5) is 22.1. The number of carbonyl (C=O) groups is 2. The highest BCUT2D eigenvalue weighted by Gasteiger charge is 2.47. The minimum Gasteiger partial charge on any atom is -0.503 e. The Morgan fingerprint density at radius 2 is 1.88 bits per heavy atom. The number of methoxy groups -OCH3 is 1. The number of rotatable bonds is 5. The molecule has 1 atom stereocenters. The van der Waals surface area contributed by atoms with E-state index in [2.05, 4.69) is 9.47 Å². The molecule has 0 aliphatic heterocycles. The Morgan fingerprint density at radius 1 is 1.35 bits per heavy atom. The number of esters is 1. The minimum atomic E-state index is -5.38. The zero-order valence-corrected chi connectivity index (χ0v) is 9.01. The van der Waals surface area contributed by atoms with Gasteiger partial charge in [-0.05, 0) is 6.92 Å². The maximum absolute atomic E-state index is 12.7. The second-order valence-electron chi connectivity index (χ2n) is 2.76. The van der Waals surface area contributed by atoms with Crippen molar-refractivity contribution >= 4 is 11.8 Å². The molecule has 0 heterocycles. The molecule has 0 saturated heterocycles. The summed E-state index contributed by atoms with van der Waals surface area (Å²) in [5, 5.41) is 0. The fourth-order valence-electron chi connectivity index (χ4n) is 0.819. The summed E-state index contributed by atoms with van der Waals surface area (Å²) < 4.78 is 57.0. The van der Waals surface area contributed by atoms with Crippen molar-refractivity contribution in [3.05, 3.63) is 11.8 Å². The van der Waals surface area contributed by atoms with Crippen molar-refractivity contribution in [1.82, 2.24) is 0 Å². The Balaban J connectivity index is 5.04. The molecular formula is C9H10F4O4. The molecule has 4 nitrogen and oxygen atoms in total. The van der Waals surface area contributed by atoms with E-state index < -0.39 is 29.7 Å². The molecule has 0 fully saturated rings. The van der Waals surface area contributed by atoms with Gasteiger partial charge >= 0.3 is 12.1 Å². The quantitative estimate of drug-likeness (QED) is 0.187. The molecule has 0 aromatic carbocycles. The van der Waals surface area contributed by atoms with Crippen LogP contribution in [0.3, 0.4) is 0 Å². The van der Waals surface area contributed by atoms with E-state index in [1.807, 2.05) is 0 Å². The lowest BCUT2D eigenvalue weighted by molar-refractivity contribution is -0.183. The van der Waals surface area contributed by atoms with Gasteiger partial charge in [0.1, 0.15) is 11.8 Å². The first kappa shape index (κ1) is 15.4. The van der Waals surface area contributed by atoms with Gasteiger partial charge in [0.15, 0.2) is 0 Å². The van der Waals surface area contributed by atoms with Crippen molar-refractivity contribution in [2.75, 3.05) is 13.7 Å². The zero-order valence-electron chi connectivity index (χ0n) is 9.01. The molecule has 0 aromatic heterocycles. The first-order chi connectivity index (χ1) is 7.75. The molecule has 0 spiro atoms. The number of alkyl halides is 4. The SMILES string of the molecule is CCOC(=O)C(=COC)C(=O)C(F)C(F)(F)F. The first-order valence-corrected chi connectivity index (χ1v) is 4.40. The maximum Gasteiger partial charge on any atom is 0.427 e. The predicted molar refractivity (Wildman–Crippen MR) is 47.7 cm³/mol. The van der Waals surface area contributed by atoms with Crippen LogP contribution in [-0.2, 0) is 19.1 Å². The molecule has 8 heteroatoms. The molecule has 0 radical (unpaired) electrons. The Morgan fingerprint density at radius 3 is 2.24 bits per heavy atom. The number of ketones is 1. The summed E-state index contributed by atoms with van der Waals surface area (Å²) >= 11 is 0. The molecule has 0 aliphatic rings. The normalized spacial score (nSPS) is 14.1. The average Bonchev–Trinajstić information content (AvgIpc) is 2.22. The van der Waals surface area contributed by atoms with E-state index in [1.54, 1.807) is 0 Å². The number of hydrogen-bond donors (Lipinski definition) is 0. The molecule has 0 bridgehead atoms. The maximum atomic E-state index is 12.7. The van der Waals surface area contributed by atoms with Gasteiger partial charge in [-0.25, -0.2) is 9.18 Å². The Kier molecular flexibility index (Phi) is 5.63. The Hall–Kier alpha value is -1.60. The molecule has 0 amide bonds. The predicted octanol–water partition coefficient (Wildman–Crippen LogP) is 1.55. The van der Waals surface area contributed by atoms with Crippen LogP contribution in [0.25, 0.3) is 0 Å². The monoisotopic (exact) mass is 258 g/mol. The molecule has 0 rings (SSSR count). The number of Topliss-reactive ketones (excluding diaryl/α,β-unsaturated/α-hetero) is 1. The number of ether oxygens (including phenoxy) is 2. The van der Waals surface area contributed by atoms with Crippen LogP contribution < -0.4 is 0 Å². The lowest BCUT2D eigenvalue weighted by atomic mass is 10.1.